The molecule has 33 heavy (non-hydrogen) atoms. The van der Waals surface area contributed by atoms with E-state index in [0.717, 1.165) is 15.5 Å². The van der Waals surface area contributed by atoms with Gasteiger partial charge >= 0.3 is 0 Å². The Bertz CT molecular complexity index is 1240. The number of anilines is 2. The highest BCUT2D eigenvalue weighted by molar-refractivity contribution is 8.00. The maximum absolute atomic E-state index is 13.1. The van der Waals surface area contributed by atoms with Crippen LogP contribution in [0.2, 0.25) is 0 Å². The number of thiophene rings is 1. The fraction of sp³-hybridized carbons (Fsp3) is 0.125. The lowest BCUT2D eigenvalue weighted by Gasteiger charge is -2.14. The van der Waals surface area contributed by atoms with Gasteiger partial charge in [0.25, 0.3) is 5.91 Å². The molecule has 0 saturated carbocycles. The second-order valence-electron chi connectivity index (χ2n) is 7.01. The second kappa shape index (κ2) is 10.7. The first-order valence-corrected chi connectivity index (χ1v) is 12.8. The zero-order valence-corrected chi connectivity index (χ0v) is 20.0. The Labute approximate surface area is 203 Å². The van der Waals surface area contributed by atoms with Crippen molar-refractivity contribution in [1.82, 2.24) is 4.98 Å². The van der Waals surface area contributed by atoms with Gasteiger partial charge in [0.2, 0.25) is 5.91 Å². The number of aromatic nitrogens is 1. The lowest BCUT2D eigenvalue weighted by molar-refractivity contribution is -0.115. The molecule has 0 aliphatic carbocycles. The summed E-state index contributed by atoms with van der Waals surface area (Å²) in [6.45, 7) is 1.95. The highest BCUT2D eigenvalue weighted by Gasteiger charge is 2.20. The highest BCUT2D eigenvalue weighted by Crippen LogP contribution is 2.31. The standard InChI is InChI=1S/C24H20FN3O2S3/c1-2-20(23(30)28-24-27-19(14-32-24)21-7-4-12-31-21)33-18-6-3-5-17(13-18)26-22(29)15-8-10-16(25)11-9-15/h3-14,20H,2H2,1H3,(H,26,29)(H,27,28,30). The molecule has 2 amide bonds. The summed E-state index contributed by atoms with van der Waals surface area (Å²) in [6, 6.07) is 16.6. The van der Waals surface area contributed by atoms with E-state index in [1.54, 1.807) is 17.4 Å². The number of hydrogen-bond acceptors (Lipinski definition) is 6. The average molecular weight is 498 g/mol. The fourth-order valence-corrected chi connectivity index (χ4v) is 5.48. The van der Waals surface area contributed by atoms with Gasteiger partial charge in [-0.05, 0) is 60.3 Å². The van der Waals surface area contributed by atoms with Gasteiger partial charge in [-0.15, -0.1) is 34.4 Å². The van der Waals surface area contributed by atoms with Crippen LogP contribution in [0.3, 0.4) is 0 Å². The molecule has 0 fully saturated rings. The van der Waals surface area contributed by atoms with Crippen LogP contribution in [-0.4, -0.2) is 22.0 Å². The first kappa shape index (κ1) is 23.2. The molecule has 2 aromatic carbocycles. The Morgan fingerprint density at radius 1 is 1.06 bits per heavy atom. The molecule has 2 aromatic heterocycles. The first-order chi connectivity index (χ1) is 16.0. The Balaban J connectivity index is 1.39. The molecular weight excluding hydrogens is 477 g/mol. The third kappa shape index (κ3) is 6.07. The number of nitrogens with zero attached hydrogens (tertiary/aromatic N) is 1. The van der Waals surface area contributed by atoms with Gasteiger partial charge in [-0.1, -0.05) is 19.1 Å². The number of carbonyl (C=O) groups excluding carboxylic acids is 2. The topological polar surface area (TPSA) is 71.1 Å². The van der Waals surface area contributed by atoms with Crippen LogP contribution >= 0.6 is 34.4 Å². The van der Waals surface area contributed by atoms with Gasteiger partial charge in [0.15, 0.2) is 5.13 Å². The van der Waals surface area contributed by atoms with E-state index in [-0.39, 0.29) is 17.1 Å². The van der Waals surface area contributed by atoms with Crippen molar-refractivity contribution in [2.75, 3.05) is 10.6 Å². The molecule has 0 bridgehead atoms. The number of carbonyl (C=O) groups is 2. The maximum Gasteiger partial charge on any atom is 0.255 e. The molecule has 0 spiro atoms. The molecule has 2 heterocycles. The summed E-state index contributed by atoms with van der Waals surface area (Å²) < 4.78 is 13.1. The minimum atomic E-state index is -0.394. The lowest BCUT2D eigenvalue weighted by Crippen LogP contribution is -2.24. The SMILES string of the molecule is CCC(Sc1cccc(NC(=O)c2ccc(F)cc2)c1)C(=O)Nc1nc(-c2cccs2)cs1. The van der Waals surface area contributed by atoms with Crippen LogP contribution in [-0.2, 0) is 4.79 Å². The molecule has 4 aromatic rings. The van der Waals surface area contributed by atoms with Crippen molar-refractivity contribution < 1.29 is 14.0 Å². The number of hydrogen-bond donors (Lipinski definition) is 2. The number of halogens is 1. The first-order valence-electron chi connectivity index (χ1n) is 10.2. The zero-order chi connectivity index (χ0) is 23.2. The number of thiazole rings is 1. The number of thioether (sulfide) groups is 1. The van der Waals surface area contributed by atoms with Gasteiger partial charge < -0.3 is 10.6 Å². The van der Waals surface area contributed by atoms with Gasteiger partial charge in [0.05, 0.1) is 15.8 Å². The summed E-state index contributed by atoms with van der Waals surface area (Å²) in [5.74, 6) is -0.836. The number of rotatable bonds is 8. The van der Waals surface area contributed by atoms with E-state index in [1.165, 1.54) is 47.4 Å². The molecule has 0 radical (unpaired) electrons. The van der Waals surface area contributed by atoms with Crippen LogP contribution in [0.1, 0.15) is 23.7 Å². The van der Waals surface area contributed by atoms with Gasteiger partial charge in [0.1, 0.15) is 5.82 Å². The molecule has 168 valence electrons. The Hall–Kier alpha value is -3.01. The third-order valence-electron chi connectivity index (χ3n) is 4.65. The Morgan fingerprint density at radius 3 is 2.61 bits per heavy atom. The van der Waals surface area contributed by atoms with E-state index in [9.17, 15) is 14.0 Å². The van der Waals surface area contributed by atoms with Crippen molar-refractivity contribution in [1.29, 1.82) is 0 Å². The maximum atomic E-state index is 13.1. The van der Waals surface area contributed by atoms with Crippen molar-refractivity contribution in [2.24, 2.45) is 0 Å². The molecule has 0 saturated heterocycles. The van der Waals surface area contributed by atoms with Crippen LogP contribution < -0.4 is 10.6 Å². The quantitative estimate of drug-likeness (QED) is 0.264. The average Bonchev–Trinajstić information content (AvgIpc) is 3.50. The van der Waals surface area contributed by atoms with Gasteiger partial charge in [-0.25, -0.2) is 9.37 Å². The van der Waals surface area contributed by atoms with Crippen molar-refractivity contribution >= 4 is 57.1 Å². The summed E-state index contributed by atoms with van der Waals surface area (Å²) in [5, 5.41) is 9.91. The second-order valence-corrected chi connectivity index (χ2v) is 10.1. The summed E-state index contributed by atoms with van der Waals surface area (Å²) in [5.41, 5.74) is 1.83. The summed E-state index contributed by atoms with van der Waals surface area (Å²) in [7, 11) is 0. The molecule has 9 heteroatoms. The predicted molar refractivity (Wildman–Crippen MR) is 135 cm³/mol. The predicted octanol–water partition coefficient (Wildman–Crippen LogP) is 6.77. The van der Waals surface area contributed by atoms with Crippen LogP contribution in [0.25, 0.3) is 10.6 Å². The molecule has 4 rings (SSSR count). The van der Waals surface area contributed by atoms with E-state index < -0.39 is 5.82 Å². The zero-order valence-electron chi connectivity index (χ0n) is 17.6. The van der Waals surface area contributed by atoms with E-state index >= 15 is 0 Å². The van der Waals surface area contributed by atoms with E-state index in [2.05, 4.69) is 15.6 Å². The van der Waals surface area contributed by atoms with Crippen LogP contribution in [0.4, 0.5) is 15.2 Å². The van der Waals surface area contributed by atoms with Crippen LogP contribution in [0, 0.1) is 5.82 Å². The van der Waals surface area contributed by atoms with Gasteiger partial charge in [-0.3, -0.25) is 9.59 Å². The van der Waals surface area contributed by atoms with Crippen molar-refractivity contribution in [3.63, 3.8) is 0 Å². The monoisotopic (exact) mass is 497 g/mol. The smallest absolute Gasteiger partial charge is 0.255 e. The summed E-state index contributed by atoms with van der Waals surface area (Å²) in [6.07, 6.45) is 0.631. The Kier molecular flexibility index (Phi) is 7.54. The van der Waals surface area contributed by atoms with Crippen molar-refractivity contribution in [3.05, 3.63) is 82.8 Å². The van der Waals surface area contributed by atoms with E-state index in [0.29, 0.717) is 22.8 Å². The molecule has 1 unspecified atom stereocenters. The van der Waals surface area contributed by atoms with Crippen molar-refractivity contribution in [3.8, 4) is 10.6 Å². The largest absolute Gasteiger partial charge is 0.322 e. The summed E-state index contributed by atoms with van der Waals surface area (Å²) in [4.78, 5) is 31.7. The normalized spacial score (nSPS) is 11.7. The minimum absolute atomic E-state index is 0.115. The van der Waals surface area contributed by atoms with Gasteiger partial charge in [0, 0.05) is 21.5 Å². The Morgan fingerprint density at radius 2 is 1.88 bits per heavy atom. The lowest BCUT2D eigenvalue weighted by atomic mass is 10.2. The summed E-state index contributed by atoms with van der Waals surface area (Å²) >= 11 is 4.43. The number of amides is 2. The molecule has 2 N–H and O–H groups in total. The van der Waals surface area contributed by atoms with E-state index in [4.69, 9.17) is 0 Å². The van der Waals surface area contributed by atoms with E-state index in [1.807, 2.05) is 48.0 Å². The van der Waals surface area contributed by atoms with Crippen LogP contribution in [0.5, 0.6) is 0 Å². The number of benzene rings is 2. The van der Waals surface area contributed by atoms with Gasteiger partial charge in [-0.2, -0.15) is 0 Å². The fourth-order valence-electron chi connectivity index (χ4n) is 2.99. The molecular formula is C24H20FN3O2S3. The minimum Gasteiger partial charge on any atom is -0.322 e. The molecule has 0 aliphatic heterocycles. The molecule has 1 atom stereocenters. The molecule has 0 aliphatic rings. The number of nitrogens with one attached hydrogen (secondary N) is 2. The van der Waals surface area contributed by atoms with Crippen molar-refractivity contribution in [2.45, 2.75) is 23.5 Å². The molecule has 5 nitrogen and oxygen atoms in total. The highest BCUT2D eigenvalue weighted by atomic mass is 32.2. The van der Waals surface area contributed by atoms with Crippen LogP contribution in [0.15, 0.2) is 76.3 Å². The third-order valence-corrected chi connectivity index (χ3v) is 7.66.